The Morgan fingerprint density at radius 1 is 1.38 bits per heavy atom. The molecule has 2 aliphatic rings. The second-order valence-corrected chi connectivity index (χ2v) is 7.75. The van der Waals surface area contributed by atoms with Crippen molar-refractivity contribution in [3.8, 4) is 0 Å². The Morgan fingerprint density at radius 2 is 2.14 bits per heavy atom. The molecule has 6 heteroatoms. The third kappa shape index (κ3) is 3.28. The van der Waals surface area contributed by atoms with E-state index in [1.54, 1.807) is 11.3 Å². The van der Waals surface area contributed by atoms with Gasteiger partial charge in [0.05, 0.1) is 12.1 Å². The molecule has 0 aromatic carbocycles. The Morgan fingerprint density at radius 3 is 2.76 bits per heavy atom. The first-order chi connectivity index (χ1) is 10.1. The summed E-state index contributed by atoms with van der Waals surface area (Å²) in [5.74, 6) is 0.690. The molecule has 2 atom stereocenters. The van der Waals surface area contributed by atoms with Gasteiger partial charge in [0.2, 0.25) is 0 Å². The molecule has 0 spiro atoms. The number of hydrogen-bond acceptors (Lipinski definition) is 6. The summed E-state index contributed by atoms with van der Waals surface area (Å²) in [4.78, 5) is 2.40. The maximum Gasteiger partial charge on any atom is 0.131 e. The minimum atomic E-state index is -0.517. The van der Waals surface area contributed by atoms with Crippen LogP contribution in [0.4, 0.5) is 0 Å². The van der Waals surface area contributed by atoms with Crippen LogP contribution in [0.1, 0.15) is 36.2 Å². The van der Waals surface area contributed by atoms with Gasteiger partial charge >= 0.3 is 0 Å². The van der Waals surface area contributed by atoms with E-state index in [-0.39, 0.29) is 0 Å². The topological polar surface area (TPSA) is 58.5 Å². The molecular formula is C15H25N3O2S. The van der Waals surface area contributed by atoms with Crippen LogP contribution < -0.4 is 0 Å². The van der Waals surface area contributed by atoms with Crippen molar-refractivity contribution in [2.24, 2.45) is 11.8 Å². The van der Waals surface area contributed by atoms with E-state index in [2.05, 4.69) is 22.0 Å². The summed E-state index contributed by atoms with van der Waals surface area (Å²) in [6, 6.07) is 0. The quantitative estimate of drug-likeness (QED) is 0.923. The van der Waals surface area contributed by atoms with Gasteiger partial charge in [-0.1, -0.05) is 6.92 Å². The van der Waals surface area contributed by atoms with Crippen LogP contribution in [0.5, 0.6) is 0 Å². The molecule has 1 aromatic rings. The van der Waals surface area contributed by atoms with Gasteiger partial charge < -0.3 is 9.84 Å². The van der Waals surface area contributed by atoms with Gasteiger partial charge in [-0.05, 0) is 38.0 Å². The van der Waals surface area contributed by atoms with Crippen molar-refractivity contribution < 1.29 is 9.84 Å². The molecule has 0 aliphatic carbocycles. The van der Waals surface area contributed by atoms with Gasteiger partial charge in [-0.15, -0.1) is 21.5 Å². The van der Waals surface area contributed by atoms with Crippen molar-refractivity contribution in [3.63, 3.8) is 0 Å². The maximum atomic E-state index is 11.1. The van der Waals surface area contributed by atoms with E-state index >= 15 is 0 Å². The van der Waals surface area contributed by atoms with Crippen molar-refractivity contribution in [2.75, 3.05) is 26.3 Å². The average Bonchev–Trinajstić information content (AvgIpc) is 2.89. The monoisotopic (exact) mass is 311 g/mol. The van der Waals surface area contributed by atoms with E-state index in [1.807, 2.05) is 6.92 Å². The van der Waals surface area contributed by atoms with E-state index in [1.165, 1.54) is 0 Å². The average molecular weight is 311 g/mol. The van der Waals surface area contributed by atoms with Crippen molar-refractivity contribution in [2.45, 2.75) is 45.3 Å². The number of ether oxygens (including phenoxy) is 1. The predicted octanol–water partition coefficient (Wildman–Crippen LogP) is 1.85. The molecule has 2 fully saturated rings. The van der Waals surface area contributed by atoms with Crippen molar-refractivity contribution in [1.82, 2.24) is 15.1 Å². The Kier molecular flexibility index (Phi) is 4.59. The van der Waals surface area contributed by atoms with Crippen LogP contribution in [-0.4, -0.2) is 52.1 Å². The molecule has 5 nitrogen and oxygen atoms in total. The summed E-state index contributed by atoms with van der Waals surface area (Å²) < 4.78 is 5.44. The summed E-state index contributed by atoms with van der Waals surface area (Å²) >= 11 is 1.67. The Hall–Kier alpha value is -0.560. The molecule has 2 saturated heterocycles. The lowest BCUT2D eigenvalue weighted by Gasteiger charge is -2.48. The summed E-state index contributed by atoms with van der Waals surface area (Å²) in [6.07, 6.45) is 2.85. The first-order valence-electron chi connectivity index (χ1n) is 7.89. The Bertz CT molecular complexity index is 475. The van der Waals surface area contributed by atoms with E-state index < -0.39 is 5.60 Å². The lowest BCUT2D eigenvalue weighted by molar-refractivity contribution is -0.131. The number of rotatable bonds is 3. The lowest BCUT2D eigenvalue weighted by atomic mass is 9.70. The number of hydrogen-bond donors (Lipinski definition) is 1. The van der Waals surface area contributed by atoms with Crippen LogP contribution in [0.25, 0.3) is 0 Å². The van der Waals surface area contributed by atoms with Crippen LogP contribution in [-0.2, 0) is 11.3 Å². The van der Waals surface area contributed by atoms with E-state index in [0.717, 1.165) is 62.1 Å². The van der Waals surface area contributed by atoms with Gasteiger partial charge in [0, 0.05) is 26.3 Å². The minimum absolute atomic E-state index is 0.295. The fraction of sp³-hybridized carbons (Fsp3) is 0.867. The van der Waals surface area contributed by atoms with Crippen LogP contribution in [0.2, 0.25) is 0 Å². The number of aliphatic hydroxyl groups is 1. The second-order valence-electron chi connectivity index (χ2n) is 6.48. The molecule has 1 N–H and O–H groups in total. The summed E-state index contributed by atoms with van der Waals surface area (Å²) in [6.45, 7) is 8.51. The molecule has 0 bridgehead atoms. The fourth-order valence-electron chi connectivity index (χ4n) is 3.76. The number of piperidine rings is 1. The molecule has 2 aliphatic heterocycles. The second kappa shape index (κ2) is 6.28. The molecule has 0 unspecified atom stereocenters. The molecule has 21 heavy (non-hydrogen) atoms. The largest absolute Gasteiger partial charge is 0.389 e. The van der Waals surface area contributed by atoms with Gasteiger partial charge in [-0.25, -0.2) is 0 Å². The molecule has 3 rings (SSSR count). The normalized spacial score (nSPS) is 32.4. The van der Waals surface area contributed by atoms with Crippen molar-refractivity contribution in [3.05, 3.63) is 10.0 Å². The fourth-order valence-corrected chi connectivity index (χ4v) is 4.51. The number of likely N-dealkylation sites (tertiary alicyclic amines) is 1. The molecule has 0 saturated carbocycles. The molecule has 0 amide bonds. The van der Waals surface area contributed by atoms with E-state index in [0.29, 0.717) is 11.8 Å². The van der Waals surface area contributed by atoms with Gasteiger partial charge in [0.15, 0.2) is 0 Å². The highest BCUT2D eigenvalue weighted by molar-refractivity contribution is 7.11. The van der Waals surface area contributed by atoms with Crippen molar-refractivity contribution >= 4 is 11.3 Å². The van der Waals surface area contributed by atoms with Crippen LogP contribution in [0.15, 0.2) is 0 Å². The lowest BCUT2D eigenvalue weighted by Crippen LogP contribution is -2.55. The predicted molar refractivity (Wildman–Crippen MR) is 82.2 cm³/mol. The number of nitrogens with zero attached hydrogens (tertiary/aromatic N) is 3. The van der Waals surface area contributed by atoms with Crippen molar-refractivity contribution in [1.29, 1.82) is 0 Å². The maximum absolute atomic E-state index is 11.1. The zero-order chi connectivity index (χ0) is 14.9. The Labute approximate surface area is 130 Å². The standard InChI is InChI=1S/C15H25N3O2S/c1-11-9-18(10-14-17-16-12(2)21-14)6-5-15(11,19)13-3-7-20-8-4-13/h11,13,19H,3-10H2,1-2H3/t11-,15+/m1/s1. The van der Waals surface area contributed by atoms with E-state index in [4.69, 9.17) is 4.74 Å². The first-order valence-corrected chi connectivity index (χ1v) is 8.71. The number of aromatic nitrogens is 2. The third-order valence-corrected chi connectivity index (χ3v) is 5.89. The zero-order valence-corrected chi connectivity index (χ0v) is 13.7. The van der Waals surface area contributed by atoms with E-state index in [9.17, 15) is 5.11 Å². The summed E-state index contributed by atoms with van der Waals surface area (Å²) in [7, 11) is 0. The SMILES string of the molecule is Cc1nnc(CN2CC[C@@](O)(C3CCOCC3)[C@H](C)C2)s1. The Balaban J connectivity index is 1.60. The van der Waals surface area contributed by atoms with Crippen LogP contribution in [0, 0.1) is 18.8 Å². The van der Waals surface area contributed by atoms with Crippen LogP contribution in [0.3, 0.4) is 0 Å². The molecule has 118 valence electrons. The minimum Gasteiger partial charge on any atom is -0.389 e. The molecule has 3 heterocycles. The molecular weight excluding hydrogens is 286 g/mol. The zero-order valence-electron chi connectivity index (χ0n) is 12.9. The third-order valence-electron chi connectivity index (χ3n) is 5.07. The van der Waals surface area contributed by atoms with Gasteiger partial charge in [-0.2, -0.15) is 0 Å². The number of aryl methyl sites for hydroxylation is 1. The summed E-state index contributed by atoms with van der Waals surface area (Å²) in [5.41, 5.74) is -0.517. The smallest absolute Gasteiger partial charge is 0.131 e. The molecule has 1 aromatic heterocycles. The molecule has 0 radical (unpaired) electrons. The van der Waals surface area contributed by atoms with Gasteiger partial charge in [-0.3, -0.25) is 4.90 Å². The van der Waals surface area contributed by atoms with Gasteiger partial charge in [0.25, 0.3) is 0 Å². The highest BCUT2D eigenvalue weighted by Gasteiger charge is 2.45. The first kappa shape index (κ1) is 15.3. The van der Waals surface area contributed by atoms with Crippen LogP contribution >= 0.6 is 11.3 Å². The highest BCUT2D eigenvalue weighted by Crippen LogP contribution is 2.39. The highest BCUT2D eigenvalue weighted by atomic mass is 32.1. The summed E-state index contributed by atoms with van der Waals surface area (Å²) in [5, 5.41) is 21.5. The van der Waals surface area contributed by atoms with Gasteiger partial charge in [0.1, 0.15) is 10.0 Å².